The van der Waals surface area contributed by atoms with E-state index in [2.05, 4.69) is 39.0 Å². The number of piperidine rings is 1. The second kappa shape index (κ2) is 14.7. The maximum atomic E-state index is 14.0. The molecule has 2 aromatic carbocycles. The van der Waals surface area contributed by atoms with Crippen LogP contribution in [0.4, 0.5) is 10.5 Å². The molecule has 266 valence electrons. The molecule has 50 heavy (non-hydrogen) atoms. The second-order valence-electron chi connectivity index (χ2n) is 15.3. The summed E-state index contributed by atoms with van der Waals surface area (Å²) in [5, 5.41) is 0. The van der Waals surface area contributed by atoms with Gasteiger partial charge in [-0.15, -0.1) is 0 Å². The Morgan fingerprint density at radius 1 is 0.820 bits per heavy atom. The van der Waals surface area contributed by atoms with Crippen LogP contribution in [0.1, 0.15) is 65.9 Å². The number of carbonyl (C=O) groups excluding carboxylic acids is 3. The Morgan fingerprint density at radius 3 is 2.14 bits per heavy atom. The lowest BCUT2D eigenvalue weighted by molar-refractivity contribution is -0.147. The van der Waals surface area contributed by atoms with Crippen LogP contribution >= 0.6 is 0 Å². The first-order valence-corrected chi connectivity index (χ1v) is 18.0. The number of amides is 3. The number of pyridine rings is 1. The van der Waals surface area contributed by atoms with Crippen molar-refractivity contribution in [2.24, 2.45) is 5.92 Å². The molecule has 0 N–H and O–H groups in total. The van der Waals surface area contributed by atoms with E-state index in [0.29, 0.717) is 51.1 Å². The maximum absolute atomic E-state index is 14.0. The smallest absolute Gasteiger partial charge is 0.410 e. The molecule has 10 heteroatoms. The first kappa shape index (κ1) is 35.2. The number of ether oxygens (including phenoxy) is 2. The molecule has 3 aromatic rings. The Labute approximate surface area is 296 Å². The van der Waals surface area contributed by atoms with Gasteiger partial charge in [-0.2, -0.15) is 0 Å². The number of hydrogen-bond donors (Lipinski definition) is 0. The van der Waals surface area contributed by atoms with Crippen LogP contribution in [0.5, 0.6) is 5.75 Å². The third-order valence-electron chi connectivity index (χ3n) is 9.65. The number of rotatable bonds is 9. The molecule has 2 aliphatic heterocycles. The van der Waals surface area contributed by atoms with Gasteiger partial charge in [0.05, 0.1) is 5.92 Å². The van der Waals surface area contributed by atoms with E-state index in [1.807, 2.05) is 57.2 Å². The van der Waals surface area contributed by atoms with Gasteiger partial charge in [-0.1, -0.05) is 30.3 Å². The molecule has 3 amide bonds. The number of aromatic nitrogens is 1. The Morgan fingerprint density at radius 2 is 1.48 bits per heavy atom. The number of benzene rings is 2. The number of carbonyl (C=O) groups is 3. The van der Waals surface area contributed by atoms with Gasteiger partial charge in [-0.3, -0.25) is 14.6 Å². The summed E-state index contributed by atoms with van der Waals surface area (Å²) in [6.07, 6.45) is 7.17. The molecule has 0 unspecified atom stereocenters. The Kier molecular flexibility index (Phi) is 10.4. The summed E-state index contributed by atoms with van der Waals surface area (Å²) >= 11 is 0. The summed E-state index contributed by atoms with van der Waals surface area (Å²) in [6.45, 7) is 12.9. The van der Waals surface area contributed by atoms with Gasteiger partial charge in [0.1, 0.15) is 11.4 Å². The van der Waals surface area contributed by atoms with Crippen molar-refractivity contribution < 1.29 is 23.9 Å². The fourth-order valence-corrected chi connectivity index (χ4v) is 6.85. The molecular formula is C40H51N5O5. The van der Waals surface area contributed by atoms with Crippen molar-refractivity contribution >= 4 is 23.6 Å². The highest BCUT2D eigenvalue weighted by Crippen LogP contribution is 2.34. The van der Waals surface area contributed by atoms with Crippen molar-refractivity contribution in [2.75, 3.05) is 44.2 Å². The van der Waals surface area contributed by atoms with E-state index in [4.69, 9.17) is 9.47 Å². The lowest BCUT2D eigenvalue weighted by Gasteiger charge is -2.39. The summed E-state index contributed by atoms with van der Waals surface area (Å²) in [7, 11) is 0. The lowest BCUT2D eigenvalue weighted by atomic mass is 9.95. The highest BCUT2D eigenvalue weighted by molar-refractivity contribution is 5.85. The molecule has 1 atom stereocenters. The van der Waals surface area contributed by atoms with Crippen molar-refractivity contribution in [3.63, 3.8) is 0 Å². The second-order valence-corrected chi connectivity index (χ2v) is 15.3. The molecule has 3 aliphatic rings. The van der Waals surface area contributed by atoms with E-state index >= 15 is 0 Å². The minimum Gasteiger partial charge on any atom is -0.478 e. The quantitative estimate of drug-likeness (QED) is 0.258. The van der Waals surface area contributed by atoms with Crippen LogP contribution in [-0.2, 0) is 20.9 Å². The van der Waals surface area contributed by atoms with Gasteiger partial charge in [0.15, 0.2) is 5.60 Å². The summed E-state index contributed by atoms with van der Waals surface area (Å²) in [5.74, 6) is 0.641. The topological polar surface area (TPSA) is 95.5 Å². The number of hydrogen-bond acceptors (Lipinski definition) is 7. The van der Waals surface area contributed by atoms with E-state index in [9.17, 15) is 14.4 Å². The normalized spacial score (nSPS) is 18.4. The zero-order valence-electron chi connectivity index (χ0n) is 30.1. The predicted molar refractivity (Wildman–Crippen MR) is 194 cm³/mol. The highest BCUT2D eigenvalue weighted by atomic mass is 16.6. The molecule has 6 rings (SSSR count). The molecule has 1 aliphatic carbocycles. The summed E-state index contributed by atoms with van der Waals surface area (Å²) in [6, 6.07) is 20.7. The van der Waals surface area contributed by atoms with E-state index < -0.39 is 11.2 Å². The van der Waals surface area contributed by atoms with Crippen LogP contribution < -0.4 is 9.64 Å². The molecule has 3 heterocycles. The summed E-state index contributed by atoms with van der Waals surface area (Å²) in [4.78, 5) is 52.0. The molecule has 10 nitrogen and oxygen atoms in total. The minimum atomic E-state index is -1.10. The fraction of sp³-hybridized carbons (Fsp3) is 0.500. The van der Waals surface area contributed by atoms with E-state index in [-0.39, 0.29) is 23.8 Å². The van der Waals surface area contributed by atoms with Crippen molar-refractivity contribution in [3.05, 3.63) is 78.6 Å². The molecular weight excluding hydrogens is 630 g/mol. The number of nitrogens with zero attached hydrogens (tertiary/aromatic N) is 5. The van der Waals surface area contributed by atoms with Crippen LogP contribution in [0.15, 0.2) is 73.1 Å². The molecule has 0 radical (unpaired) electrons. The average Bonchev–Trinajstić information content (AvgIpc) is 3.96. The number of anilines is 1. The third kappa shape index (κ3) is 8.76. The molecule has 3 fully saturated rings. The van der Waals surface area contributed by atoms with Gasteiger partial charge in [0, 0.05) is 76.0 Å². The van der Waals surface area contributed by atoms with Crippen LogP contribution in [0.3, 0.4) is 0 Å². The average molecular weight is 682 g/mol. The summed E-state index contributed by atoms with van der Waals surface area (Å²) < 4.78 is 11.8. The van der Waals surface area contributed by atoms with E-state index in [0.717, 1.165) is 54.6 Å². The monoisotopic (exact) mass is 681 g/mol. The predicted octanol–water partition coefficient (Wildman–Crippen LogP) is 6.39. The van der Waals surface area contributed by atoms with Gasteiger partial charge in [0.25, 0.3) is 5.91 Å². The van der Waals surface area contributed by atoms with Crippen LogP contribution in [0, 0.1) is 5.92 Å². The SMILES string of the molecule is CC(C)(C)OC(=O)N1CCN(C(=O)C(C)(C)Oc2cccc(N3CCC[C@@H](C(=O)N(Cc4ccc(-c5ccncc5)cc4)C4CC4)C3)c2)CC1. The largest absolute Gasteiger partial charge is 0.478 e. The maximum Gasteiger partial charge on any atom is 0.410 e. The van der Waals surface area contributed by atoms with Crippen LogP contribution in [0.2, 0.25) is 0 Å². The van der Waals surface area contributed by atoms with Crippen LogP contribution in [0.25, 0.3) is 11.1 Å². The zero-order chi connectivity index (χ0) is 35.5. The molecule has 1 saturated carbocycles. The number of piperazine rings is 1. The van der Waals surface area contributed by atoms with Gasteiger partial charge in [-0.25, -0.2) is 4.79 Å². The van der Waals surface area contributed by atoms with E-state index in [1.165, 1.54) is 0 Å². The van der Waals surface area contributed by atoms with Crippen molar-refractivity contribution in [1.29, 1.82) is 0 Å². The van der Waals surface area contributed by atoms with Crippen molar-refractivity contribution in [1.82, 2.24) is 19.7 Å². The van der Waals surface area contributed by atoms with Crippen molar-refractivity contribution in [2.45, 2.75) is 84.1 Å². The zero-order valence-corrected chi connectivity index (χ0v) is 30.1. The Bertz CT molecular complexity index is 1640. The minimum absolute atomic E-state index is 0.0811. The Hall–Kier alpha value is -4.60. The van der Waals surface area contributed by atoms with Gasteiger partial charge < -0.3 is 29.1 Å². The molecule has 2 saturated heterocycles. The first-order chi connectivity index (χ1) is 23.9. The third-order valence-corrected chi connectivity index (χ3v) is 9.65. The van der Waals surface area contributed by atoms with Gasteiger partial charge in [-0.05, 0) is 101 Å². The molecule has 0 spiro atoms. The van der Waals surface area contributed by atoms with Gasteiger partial charge in [0.2, 0.25) is 5.91 Å². The fourth-order valence-electron chi connectivity index (χ4n) is 6.85. The Balaban J connectivity index is 1.05. The van der Waals surface area contributed by atoms with E-state index in [1.54, 1.807) is 36.0 Å². The lowest BCUT2D eigenvalue weighted by Crippen LogP contribution is -2.57. The van der Waals surface area contributed by atoms with Crippen molar-refractivity contribution in [3.8, 4) is 16.9 Å². The molecule has 0 bridgehead atoms. The van der Waals surface area contributed by atoms with Crippen LogP contribution in [-0.4, -0.2) is 94.1 Å². The summed E-state index contributed by atoms with van der Waals surface area (Å²) in [5.41, 5.74) is 2.73. The van der Waals surface area contributed by atoms with Gasteiger partial charge >= 0.3 is 6.09 Å². The standard InChI is InChI=1S/C40H51N5O5/c1-39(2,3)50-38(48)43-24-22-42(23-25-43)37(47)40(4,5)49-35-10-6-9-34(26-35)44-21-7-8-32(28-44)36(46)45(33-15-16-33)27-29-11-13-30(14-12-29)31-17-19-41-20-18-31/h6,9-14,17-20,26,32-33H,7-8,15-16,21-25,27-28H2,1-5H3/t32-/m1/s1. The first-order valence-electron chi connectivity index (χ1n) is 18.0. The highest BCUT2D eigenvalue weighted by Gasteiger charge is 2.39. The molecule has 1 aromatic heterocycles.